The fourth-order valence-electron chi connectivity index (χ4n) is 2.03. The third-order valence-electron chi connectivity index (χ3n) is 3.27. The molecule has 1 aliphatic rings. The van der Waals surface area contributed by atoms with Gasteiger partial charge in [0.05, 0.1) is 13.2 Å². The van der Waals surface area contributed by atoms with E-state index in [4.69, 9.17) is 30.5 Å². The molecule has 0 radical (unpaired) electrons. The van der Waals surface area contributed by atoms with Crippen molar-refractivity contribution in [2.75, 3.05) is 26.4 Å². The van der Waals surface area contributed by atoms with Gasteiger partial charge in [-0.2, -0.15) is 0 Å². The lowest BCUT2D eigenvalue weighted by molar-refractivity contribution is -0.0490. The number of benzene rings is 1. The SMILES string of the molecule is CCOC(=O)OC1(CCOCCCc2cccc(Cl)c2)CO1. The molecule has 2 rings (SSSR count). The third kappa shape index (κ3) is 5.83. The molecule has 0 bridgehead atoms. The maximum atomic E-state index is 11.2. The molecule has 0 aliphatic carbocycles. The molecule has 22 heavy (non-hydrogen) atoms. The first-order chi connectivity index (χ1) is 10.6. The van der Waals surface area contributed by atoms with E-state index in [0.717, 1.165) is 17.9 Å². The number of carbonyl (C=O) groups is 1. The van der Waals surface area contributed by atoms with E-state index in [-0.39, 0.29) is 6.61 Å². The van der Waals surface area contributed by atoms with Gasteiger partial charge < -0.3 is 18.9 Å². The summed E-state index contributed by atoms with van der Waals surface area (Å²) in [5, 5.41) is 0.752. The van der Waals surface area contributed by atoms with Crippen molar-refractivity contribution in [1.29, 1.82) is 0 Å². The lowest BCUT2D eigenvalue weighted by Crippen LogP contribution is -2.24. The zero-order chi connectivity index (χ0) is 15.8. The van der Waals surface area contributed by atoms with Gasteiger partial charge in [-0.1, -0.05) is 23.7 Å². The summed E-state index contributed by atoms with van der Waals surface area (Å²) < 4.78 is 20.6. The first-order valence-electron chi connectivity index (χ1n) is 7.45. The molecule has 0 amide bonds. The van der Waals surface area contributed by atoms with Gasteiger partial charge in [0, 0.05) is 18.1 Å². The Labute approximate surface area is 135 Å². The molecule has 1 aliphatic heterocycles. The summed E-state index contributed by atoms with van der Waals surface area (Å²) in [7, 11) is 0. The van der Waals surface area contributed by atoms with Crippen LogP contribution in [0, 0.1) is 0 Å². The van der Waals surface area contributed by atoms with Crippen LogP contribution in [-0.4, -0.2) is 38.4 Å². The Morgan fingerprint density at radius 2 is 2.23 bits per heavy atom. The number of epoxide rings is 1. The summed E-state index contributed by atoms with van der Waals surface area (Å²) in [4.78, 5) is 11.2. The van der Waals surface area contributed by atoms with Crippen molar-refractivity contribution in [3.63, 3.8) is 0 Å². The highest BCUT2D eigenvalue weighted by Crippen LogP contribution is 2.32. The quantitative estimate of drug-likeness (QED) is 0.394. The van der Waals surface area contributed by atoms with Gasteiger partial charge in [-0.25, -0.2) is 4.79 Å². The fourth-order valence-corrected chi connectivity index (χ4v) is 2.25. The average molecular weight is 329 g/mol. The highest BCUT2D eigenvalue weighted by Gasteiger charge is 2.49. The van der Waals surface area contributed by atoms with E-state index in [1.807, 2.05) is 24.3 Å². The highest BCUT2D eigenvalue weighted by molar-refractivity contribution is 6.30. The molecule has 5 nitrogen and oxygen atoms in total. The van der Waals surface area contributed by atoms with E-state index in [9.17, 15) is 4.79 Å². The number of hydrogen-bond acceptors (Lipinski definition) is 5. The molecule has 1 fully saturated rings. The summed E-state index contributed by atoms with van der Waals surface area (Å²) in [6.07, 6.45) is 1.65. The molecule has 1 saturated heterocycles. The van der Waals surface area contributed by atoms with Crippen molar-refractivity contribution in [1.82, 2.24) is 0 Å². The first-order valence-corrected chi connectivity index (χ1v) is 7.83. The fraction of sp³-hybridized carbons (Fsp3) is 0.562. The van der Waals surface area contributed by atoms with Crippen molar-refractivity contribution >= 4 is 17.8 Å². The van der Waals surface area contributed by atoms with Crippen LogP contribution in [0.15, 0.2) is 24.3 Å². The van der Waals surface area contributed by atoms with Crippen LogP contribution in [0.5, 0.6) is 0 Å². The smallest absolute Gasteiger partial charge is 0.435 e. The Morgan fingerprint density at radius 3 is 2.91 bits per heavy atom. The lowest BCUT2D eigenvalue weighted by atomic mass is 10.1. The highest BCUT2D eigenvalue weighted by atomic mass is 35.5. The van der Waals surface area contributed by atoms with Crippen LogP contribution in [0.4, 0.5) is 4.79 Å². The molecule has 0 spiro atoms. The molecule has 1 atom stereocenters. The van der Waals surface area contributed by atoms with Crippen molar-refractivity contribution in [2.24, 2.45) is 0 Å². The molecule has 1 aromatic carbocycles. The Morgan fingerprint density at radius 1 is 1.41 bits per heavy atom. The summed E-state index contributed by atoms with van der Waals surface area (Å²) in [6.45, 7) is 3.54. The molecule has 0 saturated carbocycles. The summed E-state index contributed by atoms with van der Waals surface area (Å²) in [5.41, 5.74) is 1.20. The number of aryl methyl sites for hydroxylation is 1. The first kappa shape index (κ1) is 17.1. The summed E-state index contributed by atoms with van der Waals surface area (Å²) >= 11 is 5.93. The van der Waals surface area contributed by atoms with Crippen LogP contribution in [0.25, 0.3) is 0 Å². The molecule has 1 aromatic rings. The van der Waals surface area contributed by atoms with Crippen molar-refractivity contribution in [3.05, 3.63) is 34.9 Å². The summed E-state index contributed by atoms with van der Waals surface area (Å²) in [5.74, 6) is -0.834. The zero-order valence-electron chi connectivity index (χ0n) is 12.7. The van der Waals surface area contributed by atoms with Gasteiger partial charge >= 0.3 is 6.16 Å². The molecule has 122 valence electrons. The van der Waals surface area contributed by atoms with E-state index >= 15 is 0 Å². The van der Waals surface area contributed by atoms with E-state index in [2.05, 4.69) is 0 Å². The van der Waals surface area contributed by atoms with Crippen LogP contribution in [-0.2, 0) is 25.4 Å². The van der Waals surface area contributed by atoms with Gasteiger partial charge in [-0.05, 0) is 37.5 Å². The van der Waals surface area contributed by atoms with Crippen molar-refractivity contribution in [2.45, 2.75) is 32.0 Å². The van der Waals surface area contributed by atoms with Crippen LogP contribution in [0.2, 0.25) is 5.02 Å². The Hall–Kier alpha value is -1.30. The number of ether oxygens (including phenoxy) is 4. The standard InChI is InChI=1S/C16H21ClO5/c1-2-20-15(18)22-16(12-21-16)8-10-19-9-4-6-13-5-3-7-14(17)11-13/h3,5,7,11H,2,4,6,8-10,12H2,1H3. The Balaban J connectivity index is 1.55. The topological polar surface area (TPSA) is 57.3 Å². The molecular formula is C16H21ClO5. The number of halogens is 1. The minimum Gasteiger partial charge on any atom is -0.435 e. The van der Waals surface area contributed by atoms with Crippen LogP contribution in [0.1, 0.15) is 25.3 Å². The maximum Gasteiger partial charge on any atom is 0.510 e. The predicted octanol–water partition coefficient (Wildman–Crippen LogP) is 3.58. The van der Waals surface area contributed by atoms with Crippen molar-refractivity contribution < 1.29 is 23.7 Å². The van der Waals surface area contributed by atoms with Gasteiger partial charge in [0.1, 0.15) is 6.61 Å². The van der Waals surface area contributed by atoms with E-state index in [0.29, 0.717) is 26.2 Å². The second kappa shape index (κ2) is 8.36. The van der Waals surface area contributed by atoms with Crippen LogP contribution >= 0.6 is 11.6 Å². The molecule has 0 N–H and O–H groups in total. The molecule has 1 heterocycles. The van der Waals surface area contributed by atoms with Gasteiger partial charge in [0.15, 0.2) is 0 Å². The molecule has 6 heteroatoms. The minimum atomic E-state index is -0.834. The summed E-state index contributed by atoms with van der Waals surface area (Å²) in [6, 6.07) is 7.81. The van der Waals surface area contributed by atoms with Crippen LogP contribution in [0.3, 0.4) is 0 Å². The molecule has 0 aromatic heterocycles. The van der Waals surface area contributed by atoms with Crippen LogP contribution < -0.4 is 0 Å². The second-order valence-corrected chi connectivity index (χ2v) is 5.52. The van der Waals surface area contributed by atoms with Gasteiger partial charge in [0.2, 0.25) is 5.79 Å². The molecule has 1 unspecified atom stereocenters. The van der Waals surface area contributed by atoms with Gasteiger partial charge in [0.25, 0.3) is 0 Å². The maximum absolute atomic E-state index is 11.2. The largest absolute Gasteiger partial charge is 0.510 e. The minimum absolute atomic E-state index is 0.287. The number of rotatable bonds is 9. The van der Waals surface area contributed by atoms with Gasteiger partial charge in [-0.15, -0.1) is 0 Å². The van der Waals surface area contributed by atoms with Crippen molar-refractivity contribution in [3.8, 4) is 0 Å². The van der Waals surface area contributed by atoms with E-state index in [1.54, 1.807) is 6.92 Å². The molecular weight excluding hydrogens is 308 g/mol. The Kier molecular flexibility index (Phi) is 6.49. The monoisotopic (exact) mass is 328 g/mol. The number of hydrogen-bond donors (Lipinski definition) is 0. The second-order valence-electron chi connectivity index (χ2n) is 5.08. The zero-order valence-corrected chi connectivity index (χ0v) is 13.4. The normalized spacial score (nSPS) is 19.7. The van der Waals surface area contributed by atoms with E-state index < -0.39 is 11.9 Å². The Bertz CT molecular complexity index is 487. The number of carbonyl (C=O) groups excluding carboxylic acids is 1. The lowest BCUT2D eigenvalue weighted by Gasteiger charge is -2.12. The van der Waals surface area contributed by atoms with Gasteiger partial charge in [-0.3, -0.25) is 0 Å². The third-order valence-corrected chi connectivity index (χ3v) is 3.50. The average Bonchev–Trinajstić information content (AvgIpc) is 3.23. The predicted molar refractivity (Wildman–Crippen MR) is 82.0 cm³/mol. The van der Waals surface area contributed by atoms with E-state index in [1.165, 1.54) is 5.56 Å².